The van der Waals surface area contributed by atoms with Gasteiger partial charge in [0.05, 0.1) is 11.4 Å². The van der Waals surface area contributed by atoms with E-state index in [1.54, 1.807) is 24.3 Å². The molecule has 10 heteroatoms. The highest BCUT2D eigenvalue weighted by molar-refractivity contribution is 7.89. The van der Waals surface area contributed by atoms with E-state index in [9.17, 15) is 12.8 Å². The highest BCUT2D eigenvalue weighted by Crippen LogP contribution is 2.23. The molecule has 1 aromatic heterocycles. The standard InChI is InChI=1S/C24H23ClFN5O2S/c25-21-7-4-8-22(26)20(21)16-31-29-23(24(30-31)18-5-2-1-3-6-18)15-28-14-13-17-9-11-19(12-10-17)34(27,32)33/h1-12,28H,13-16H2,(H2,27,32,33). The van der Waals surface area contributed by atoms with E-state index in [1.807, 2.05) is 30.3 Å². The van der Waals surface area contributed by atoms with E-state index in [1.165, 1.54) is 23.0 Å². The van der Waals surface area contributed by atoms with Crippen molar-refractivity contribution in [3.63, 3.8) is 0 Å². The molecule has 4 rings (SSSR count). The molecule has 7 nitrogen and oxygen atoms in total. The van der Waals surface area contributed by atoms with Crippen molar-refractivity contribution in [3.05, 3.63) is 100 Å². The van der Waals surface area contributed by atoms with E-state index >= 15 is 0 Å². The van der Waals surface area contributed by atoms with Crippen molar-refractivity contribution in [1.29, 1.82) is 0 Å². The molecule has 0 aliphatic rings. The Morgan fingerprint density at radius 2 is 1.71 bits per heavy atom. The van der Waals surface area contributed by atoms with Crippen LogP contribution in [0.4, 0.5) is 4.39 Å². The predicted octanol–water partition coefficient (Wildman–Crippen LogP) is 3.77. The van der Waals surface area contributed by atoms with Crippen molar-refractivity contribution in [1.82, 2.24) is 20.3 Å². The van der Waals surface area contributed by atoms with Crippen LogP contribution in [0.2, 0.25) is 5.02 Å². The van der Waals surface area contributed by atoms with Gasteiger partial charge in [-0.05, 0) is 42.8 Å². The zero-order valence-electron chi connectivity index (χ0n) is 18.2. The second kappa shape index (κ2) is 10.4. The summed E-state index contributed by atoms with van der Waals surface area (Å²) in [6, 6.07) is 20.7. The summed E-state index contributed by atoms with van der Waals surface area (Å²) in [6.07, 6.45) is 0.685. The van der Waals surface area contributed by atoms with Gasteiger partial charge in [-0.2, -0.15) is 15.0 Å². The lowest BCUT2D eigenvalue weighted by molar-refractivity contribution is 0.543. The Morgan fingerprint density at radius 1 is 0.971 bits per heavy atom. The highest BCUT2D eigenvalue weighted by Gasteiger charge is 2.15. The summed E-state index contributed by atoms with van der Waals surface area (Å²) in [5.41, 5.74) is 3.65. The fraction of sp³-hybridized carbons (Fsp3) is 0.167. The minimum absolute atomic E-state index is 0.0864. The third kappa shape index (κ3) is 5.87. The maximum atomic E-state index is 14.3. The minimum Gasteiger partial charge on any atom is -0.311 e. The van der Waals surface area contributed by atoms with Crippen LogP contribution in [-0.4, -0.2) is 30.0 Å². The molecule has 0 saturated carbocycles. The van der Waals surface area contributed by atoms with E-state index in [-0.39, 0.29) is 11.4 Å². The van der Waals surface area contributed by atoms with Crippen molar-refractivity contribution >= 4 is 21.6 Å². The van der Waals surface area contributed by atoms with Crippen molar-refractivity contribution in [3.8, 4) is 11.3 Å². The predicted molar refractivity (Wildman–Crippen MR) is 129 cm³/mol. The second-order valence-electron chi connectivity index (χ2n) is 7.71. The number of rotatable bonds is 9. The van der Waals surface area contributed by atoms with Crippen LogP contribution in [0.1, 0.15) is 16.8 Å². The average molecular weight is 500 g/mol. The SMILES string of the molecule is NS(=O)(=O)c1ccc(CCNCc2nn(Cc3c(F)cccc3Cl)nc2-c2ccccc2)cc1. The summed E-state index contributed by atoms with van der Waals surface area (Å²) in [4.78, 5) is 1.54. The number of primary sulfonamides is 1. The first-order valence-corrected chi connectivity index (χ1v) is 12.5. The fourth-order valence-electron chi connectivity index (χ4n) is 3.50. The molecule has 0 atom stereocenters. The first kappa shape index (κ1) is 24.0. The Balaban J connectivity index is 1.47. The second-order valence-corrected chi connectivity index (χ2v) is 9.68. The molecule has 0 bridgehead atoms. The molecule has 0 aliphatic carbocycles. The van der Waals surface area contributed by atoms with Gasteiger partial charge in [0, 0.05) is 22.7 Å². The van der Waals surface area contributed by atoms with Crippen LogP contribution in [0.3, 0.4) is 0 Å². The molecule has 34 heavy (non-hydrogen) atoms. The molecule has 176 valence electrons. The van der Waals surface area contributed by atoms with Crippen molar-refractivity contribution in [2.45, 2.75) is 24.4 Å². The summed E-state index contributed by atoms with van der Waals surface area (Å²) < 4.78 is 37.0. The topological polar surface area (TPSA) is 103 Å². The van der Waals surface area contributed by atoms with Gasteiger partial charge in [-0.3, -0.25) is 0 Å². The van der Waals surface area contributed by atoms with Gasteiger partial charge in [0.2, 0.25) is 10.0 Å². The Labute approximate surface area is 202 Å². The number of hydrogen-bond acceptors (Lipinski definition) is 5. The molecule has 0 aliphatic heterocycles. The Bertz CT molecular complexity index is 1360. The van der Waals surface area contributed by atoms with Crippen molar-refractivity contribution < 1.29 is 12.8 Å². The maximum Gasteiger partial charge on any atom is 0.238 e. The lowest BCUT2D eigenvalue weighted by Crippen LogP contribution is -2.18. The van der Waals surface area contributed by atoms with Crippen LogP contribution >= 0.6 is 11.6 Å². The summed E-state index contributed by atoms with van der Waals surface area (Å²) in [6.45, 7) is 1.20. The van der Waals surface area contributed by atoms with Crippen LogP contribution in [0.5, 0.6) is 0 Å². The van der Waals surface area contributed by atoms with Gasteiger partial charge in [0.25, 0.3) is 0 Å². The minimum atomic E-state index is -3.70. The van der Waals surface area contributed by atoms with Gasteiger partial charge >= 0.3 is 0 Å². The van der Waals surface area contributed by atoms with Gasteiger partial charge < -0.3 is 5.32 Å². The number of nitrogens with one attached hydrogen (secondary N) is 1. The number of sulfonamides is 1. The first-order chi connectivity index (χ1) is 16.3. The van der Waals surface area contributed by atoms with Gasteiger partial charge in [-0.1, -0.05) is 60.1 Å². The smallest absolute Gasteiger partial charge is 0.238 e. The van der Waals surface area contributed by atoms with E-state index in [0.29, 0.717) is 35.8 Å². The van der Waals surface area contributed by atoms with Crippen LogP contribution < -0.4 is 10.5 Å². The lowest BCUT2D eigenvalue weighted by atomic mass is 10.1. The largest absolute Gasteiger partial charge is 0.311 e. The molecule has 1 heterocycles. The third-order valence-corrected chi connectivity index (χ3v) is 6.55. The van der Waals surface area contributed by atoms with Gasteiger partial charge in [-0.15, -0.1) is 0 Å². The number of aromatic nitrogens is 3. The zero-order chi connectivity index (χ0) is 24.1. The van der Waals surface area contributed by atoms with Crippen molar-refractivity contribution in [2.75, 3.05) is 6.54 Å². The normalized spacial score (nSPS) is 11.6. The molecular formula is C24H23ClFN5O2S. The molecule has 3 N–H and O–H groups in total. The summed E-state index contributed by atoms with van der Waals surface area (Å²) in [5, 5.41) is 18.0. The Kier molecular flexibility index (Phi) is 7.38. The highest BCUT2D eigenvalue weighted by atomic mass is 35.5. The molecule has 0 saturated heterocycles. The van der Waals surface area contributed by atoms with Crippen LogP contribution in [-0.2, 0) is 29.5 Å². The third-order valence-electron chi connectivity index (χ3n) is 5.27. The number of hydrogen-bond donors (Lipinski definition) is 2. The van der Waals surface area contributed by atoms with E-state index in [0.717, 1.165) is 16.8 Å². The van der Waals surface area contributed by atoms with E-state index in [2.05, 4.69) is 15.5 Å². The zero-order valence-corrected chi connectivity index (χ0v) is 19.7. The van der Waals surface area contributed by atoms with Gasteiger partial charge in [0.1, 0.15) is 17.2 Å². The molecule has 4 aromatic rings. The first-order valence-electron chi connectivity index (χ1n) is 10.6. The maximum absolute atomic E-state index is 14.3. The molecule has 3 aromatic carbocycles. The number of nitrogens with zero attached hydrogens (tertiary/aromatic N) is 3. The Hall–Kier alpha value is -3.11. The summed E-state index contributed by atoms with van der Waals surface area (Å²) in [5.74, 6) is -0.404. The average Bonchev–Trinajstić information content (AvgIpc) is 3.22. The van der Waals surface area contributed by atoms with Gasteiger partial charge in [-0.25, -0.2) is 17.9 Å². The number of benzene rings is 3. The Morgan fingerprint density at radius 3 is 2.38 bits per heavy atom. The van der Waals surface area contributed by atoms with Crippen LogP contribution in [0.15, 0.2) is 77.7 Å². The monoisotopic (exact) mass is 499 g/mol. The van der Waals surface area contributed by atoms with Crippen molar-refractivity contribution in [2.24, 2.45) is 5.14 Å². The molecule has 0 unspecified atom stereocenters. The summed E-state index contributed by atoms with van der Waals surface area (Å²) in [7, 11) is -3.70. The molecule has 0 radical (unpaired) electrons. The van der Waals surface area contributed by atoms with Crippen LogP contribution in [0.25, 0.3) is 11.3 Å². The number of halogens is 2. The van der Waals surface area contributed by atoms with Gasteiger partial charge in [0.15, 0.2) is 0 Å². The molecule has 0 amide bonds. The molecule has 0 spiro atoms. The number of nitrogens with two attached hydrogens (primary N) is 1. The molecular weight excluding hydrogens is 477 g/mol. The van der Waals surface area contributed by atoms with E-state index in [4.69, 9.17) is 16.7 Å². The lowest BCUT2D eigenvalue weighted by Gasteiger charge is -2.06. The quantitative estimate of drug-likeness (QED) is 0.341. The van der Waals surface area contributed by atoms with E-state index < -0.39 is 15.8 Å². The van der Waals surface area contributed by atoms with Crippen LogP contribution in [0, 0.1) is 5.82 Å². The molecule has 0 fully saturated rings. The summed E-state index contributed by atoms with van der Waals surface area (Å²) >= 11 is 6.18. The fourth-order valence-corrected chi connectivity index (χ4v) is 4.24.